The second kappa shape index (κ2) is 5.99. The maximum atomic E-state index is 12.4. The second-order valence-electron chi connectivity index (χ2n) is 6.22. The van der Waals surface area contributed by atoms with Gasteiger partial charge in [0.1, 0.15) is 0 Å². The zero-order chi connectivity index (χ0) is 14.8. The number of rotatable bonds is 1. The molecule has 2 aliphatic rings. The fourth-order valence-electron chi connectivity index (χ4n) is 2.97. The molecule has 1 atom stereocenters. The van der Waals surface area contributed by atoms with Crippen LogP contribution in [0.5, 0.6) is 0 Å². The van der Waals surface area contributed by atoms with Crippen molar-refractivity contribution in [1.82, 2.24) is 9.80 Å². The van der Waals surface area contributed by atoms with Crippen LogP contribution in [-0.2, 0) is 4.79 Å². The highest BCUT2D eigenvalue weighted by molar-refractivity contribution is 5.75. The zero-order valence-corrected chi connectivity index (χ0v) is 12.0. The number of hydrogen-bond donors (Lipinski definition) is 2. The summed E-state index contributed by atoms with van der Waals surface area (Å²) in [6, 6.07) is -0.00783. The third-order valence-corrected chi connectivity index (χ3v) is 4.45. The normalized spacial score (nSPS) is 29.1. The van der Waals surface area contributed by atoms with Crippen LogP contribution in [0.2, 0.25) is 0 Å². The standard InChI is InChI=1S/C14H24N2O4/c1-14(20)5-2-7-15(10-6-14)13(19)16-8-3-11(4-9-16)12(17)18/h11,20H,2-10H2,1H3,(H,17,18). The van der Waals surface area contributed by atoms with Gasteiger partial charge in [0.15, 0.2) is 0 Å². The van der Waals surface area contributed by atoms with E-state index in [1.165, 1.54) is 0 Å². The van der Waals surface area contributed by atoms with E-state index in [4.69, 9.17) is 5.11 Å². The van der Waals surface area contributed by atoms with Crippen LogP contribution in [0.1, 0.15) is 39.0 Å². The molecule has 0 saturated carbocycles. The number of carbonyl (C=O) groups is 2. The van der Waals surface area contributed by atoms with Gasteiger partial charge in [-0.3, -0.25) is 4.79 Å². The summed E-state index contributed by atoms with van der Waals surface area (Å²) in [7, 11) is 0. The molecule has 114 valence electrons. The quantitative estimate of drug-likeness (QED) is 0.756. The van der Waals surface area contributed by atoms with Crippen LogP contribution in [-0.4, -0.2) is 63.8 Å². The number of carbonyl (C=O) groups excluding carboxylic acids is 1. The van der Waals surface area contributed by atoms with Crippen molar-refractivity contribution in [2.75, 3.05) is 26.2 Å². The summed E-state index contributed by atoms with van der Waals surface area (Å²) in [4.78, 5) is 26.9. The molecule has 20 heavy (non-hydrogen) atoms. The number of carboxylic acids is 1. The van der Waals surface area contributed by atoms with E-state index in [9.17, 15) is 14.7 Å². The highest BCUT2D eigenvalue weighted by atomic mass is 16.4. The minimum absolute atomic E-state index is 0.00783. The van der Waals surface area contributed by atoms with E-state index in [1.807, 2.05) is 6.92 Å². The molecule has 0 bridgehead atoms. The minimum atomic E-state index is -0.761. The molecule has 0 radical (unpaired) electrons. The third kappa shape index (κ3) is 3.62. The Morgan fingerprint density at radius 1 is 1.05 bits per heavy atom. The van der Waals surface area contributed by atoms with Gasteiger partial charge < -0.3 is 20.0 Å². The molecular formula is C14H24N2O4. The molecule has 2 fully saturated rings. The first-order chi connectivity index (χ1) is 9.39. The Bertz CT molecular complexity index is 375. The molecule has 2 aliphatic heterocycles. The Morgan fingerprint density at radius 2 is 1.65 bits per heavy atom. The van der Waals surface area contributed by atoms with Crippen molar-refractivity contribution in [2.45, 2.75) is 44.6 Å². The molecule has 2 N–H and O–H groups in total. The number of likely N-dealkylation sites (tertiary alicyclic amines) is 2. The number of amides is 2. The van der Waals surface area contributed by atoms with Gasteiger partial charge in [-0.1, -0.05) is 0 Å². The van der Waals surface area contributed by atoms with Crippen molar-refractivity contribution in [2.24, 2.45) is 5.92 Å². The van der Waals surface area contributed by atoms with E-state index < -0.39 is 11.6 Å². The molecule has 1 unspecified atom stereocenters. The minimum Gasteiger partial charge on any atom is -0.481 e. The largest absolute Gasteiger partial charge is 0.481 e. The Hall–Kier alpha value is -1.30. The van der Waals surface area contributed by atoms with E-state index in [2.05, 4.69) is 0 Å². The van der Waals surface area contributed by atoms with Crippen LogP contribution in [0.15, 0.2) is 0 Å². The Morgan fingerprint density at radius 3 is 2.25 bits per heavy atom. The summed E-state index contributed by atoms with van der Waals surface area (Å²) in [5, 5.41) is 19.0. The van der Waals surface area contributed by atoms with Crippen molar-refractivity contribution in [3.8, 4) is 0 Å². The molecule has 2 saturated heterocycles. The predicted octanol–water partition coefficient (Wildman–Crippen LogP) is 1.14. The van der Waals surface area contributed by atoms with E-state index >= 15 is 0 Å². The van der Waals surface area contributed by atoms with Gasteiger partial charge in [0, 0.05) is 26.2 Å². The smallest absolute Gasteiger partial charge is 0.319 e. The Balaban J connectivity index is 1.87. The highest BCUT2D eigenvalue weighted by Gasteiger charge is 2.32. The number of piperidine rings is 1. The van der Waals surface area contributed by atoms with Gasteiger partial charge in [-0.2, -0.15) is 0 Å². The summed E-state index contributed by atoms with van der Waals surface area (Å²) < 4.78 is 0. The Labute approximate surface area is 119 Å². The average Bonchev–Trinajstić information content (AvgIpc) is 2.59. The molecule has 0 spiro atoms. The van der Waals surface area contributed by atoms with Crippen molar-refractivity contribution < 1.29 is 19.8 Å². The fourth-order valence-corrected chi connectivity index (χ4v) is 2.97. The monoisotopic (exact) mass is 284 g/mol. The summed E-state index contributed by atoms with van der Waals surface area (Å²) in [5.74, 6) is -1.08. The van der Waals surface area contributed by atoms with E-state index in [-0.39, 0.29) is 11.9 Å². The number of aliphatic hydroxyl groups is 1. The molecule has 2 rings (SSSR count). The summed E-state index contributed by atoms with van der Waals surface area (Å²) in [5.41, 5.74) is -0.675. The number of hydrogen-bond acceptors (Lipinski definition) is 3. The lowest BCUT2D eigenvalue weighted by Crippen LogP contribution is -2.48. The SMILES string of the molecule is CC1(O)CCCN(C(=O)N2CCC(C(=O)O)CC2)CC1. The molecule has 2 heterocycles. The summed E-state index contributed by atoms with van der Waals surface area (Å²) in [6.45, 7) is 4.10. The third-order valence-electron chi connectivity index (χ3n) is 4.45. The molecule has 0 aromatic heterocycles. The zero-order valence-electron chi connectivity index (χ0n) is 12.0. The molecule has 0 aliphatic carbocycles. The molecule has 0 aromatic rings. The van der Waals surface area contributed by atoms with Crippen molar-refractivity contribution in [3.63, 3.8) is 0 Å². The lowest BCUT2D eigenvalue weighted by molar-refractivity contribution is -0.143. The van der Waals surface area contributed by atoms with Crippen LogP contribution in [0.4, 0.5) is 4.79 Å². The van der Waals surface area contributed by atoms with Crippen LogP contribution >= 0.6 is 0 Å². The number of carboxylic acid groups (broad SMARTS) is 1. The molecule has 2 amide bonds. The van der Waals surface area contributed by atoms with Crippen LogP contribution in [0, 0.1) is 5.92 Å². The van der Waals surface area contributed by atoms with Crippen LogP contribution in [0.25, 0.3) is 0 Å². The van der Waals surface area contributed by atoms with E-state index in [0.29, 0.717) is 45.4 Å². The van der Waals surface area contributed by atoms with E-state index in [0.717, 1.165) is 12.8 Å². The van der Waals surface area contributed by atoms with Gasteiger partial charge in [-0.15, -0.1) is 0 Å². The average molecular weight is 284 g/mol. The number of aliphatic carboxylic acids is 1. The van der Waals surface area contributed by atoms with Gasteiger partial charge in [0.2, 0.25) is 0 Å². The van der Waals surface area contributed by atoms with Gasteiger partial charge in [-0.25, -0.2) is 4.79 Å². The number of nitrogens with zero attached hydrogens (tertiary/aromatic N) is 2. The Kier molecular flexibility index (Phi) is 4.52. The summed E-state index contributed by atoms with van der Waals surface area (Å²) in [6.07, 6.45) is 3.20. The predicted molar refractivity (Wildman–Crippen MR) is 73.4 cm³/mol. The van der Waals surface area contributed by atoms with Crippen LogP contribution < -0.4 is 0 Å². The summed E-state index contributed by atoms with van der Waals surface area (Å²) >= 11 is 0. The van der Waals surface area contributed by atoms with Crippen molar-refractivity contribution in [3.05, 3.63) is 0 Å². The lowest BCUT2D eigenvalue weighted by atomic mass is 9.97. The van der Waals surface area contributed by atoms with Crippen LogP contribution in [0.3, 0.4) is 0 Å². The lowest BCUT2D eigenvalue weighted by Gasteiger charge is -2.34. The van der Waals surface area contributed by atoms with Gasteiger partial charge in [-0.05, 0) is 39.0 Å². The van der Waals surface area contributed by atoms with E-state index in [1.54, 1.807) is 9.80 Å². The van der Waals surface area contributed by atoms with Crippen molar-refractivity contribution >= 4 is 12.0 Å². The maximum Gasteiger partial charge on any atom is 0.319 e. The highest BCUT2D eigenvalue weighted by Crippen LogP contribution is 2.23. The topological polar surface area (TPSA) is 81.1 Å². The fraction of sp³-hybridized carbons (Fsp3) is 0.857. The molecule has 6 heteroatoms. The van der Waals surface area contributed by atoms with Gasteiger partial charge in [0.05, 0.1) is 11.5 Å². The van der Waals surface area contributed by atoms with Gasteiger partial charge in [0.25, 0.3) is 0 Å². The van der Waals surface area contributed by atoms with Crippen molar-refractivity contribution in [1.29, 1.82) is 0 Å². The van der Waals surface area contributed by atoms with Gasteiger partial charge >= 0.3 is 12.0 Å². The first-order valence-electron chi connectivity index (χ1n) is 7.38. The molecular weight excluding hydrogens is 260 g/mol. The first kappa shape index (κ1) is 15.1. The number of urea groups is 1. The molecule has 6 nitrogen and oxygen atoms in total. The maximum absolute atomic E-state index is 12.4. The first-order valence-corrected chi connectivity index (χ1v) is 7.38. The molecule has 0 aromatic carbocycles. The second-order valence-corrected chi connectivity index (χ2v) is 6.22.